The number of carbonyl (C=O) groups is 3. The smallest absolute Gasteiger partial charge is 0.257 e. The minimum absolute atomic E-state index is 0.0653. The molecule has 1 heterocycles. The molecule has 1 atom stereocenters. The van der Waals surface area contributed by atoms with Crippen molar-refractivity contribution in [1.82, 2.24) is 4.90 Å². The Balaban J connectivity index is 1.55. The summed E-state index contributed by atoms with van der Waals surface area (Å²) in [4.78, 5) is 41.1. The second-order valence-corrected chi connectivity index (χ2v) is 7.89. The highest BCUT2D eigenvalue weighted by atomic mass is 35.5. The zero-order valence-corrected chi connectivity index (χ0v) is 16.4. The molecule has 3 amide bonds. The van der Waals surface area contributed by atoms with E-state index in [1.54, 1.807) is 11.0 Å². The van der Waals surface area contributed by atoms with E-state index in [9.17, 15) is 18.8 Å². The van der Waals surface area contributed by atoms with Crippen LogP contribution in [0.5, 0.6) is 0 Å². The lowest BCUT2D eigenvalue weighted by atomic mass is 10.1. The molecular weight excluding hydrogens is 395 g/mol. The molecule has 2 aliphatic rings. The Hall–Kier alpha value is -2.73. The number of amides is 3. The van der Waals surface area contributed by atoms with E-state index in [4.69, 9.17) is 11.6 Å². The summed E-state index contributed by atoms with van der Waals surface area (Å²) in [6.45, 7) is 0.330. The van der Waals surface area contributed by atoms with E-state index < -0.39 is 17.8 Å². The fourth-order valence-electron chi connectivity index (χ4n) is 3.65. The lowest BCUT2D eigenvalue weighted by Crippen LogP contribution is -2.47. The van der Waals surface area contributed by atoms with Gasteiger partial charge in [0.15, 0.2) is 0 Å². The Morgan fingerprint density at radius 3 is 2.52 bits per heavy atom. The number of carbonyl (C=O) groups excluding carboxylic acids is 3. The van der Waals surface area contributed by atoms with Crippen LogP contribution in [0.4, 0.5) is 10.1 Å². The number of hydrogen-bond acceptors (Lipinski definition) is 3. The van der Waals surface area contributed by atoms with Crippen LogP contribution in [-0.2, 0) is 20.8 Å². The van der Waals surface area contributed by atoms with Crippen LogP contribution in [-0.4, -0.2) is 35.2 Å². The van der Waals surface area contributed by atoms with E-state index in [0.29, 0.717) is 23.7 Å². The van der Waals surface area contributed by atoms with Crippen molar-refractivity contribution in [2.75, 3.05) is 11.4 Å². The molecule has 0 bridgehead atoms. The van der Waals surface area contributed by atoms with Crippen molar-refractivity contribution in [2.24, 2.45) is 5.92 Å². The normalized spacial score (nSPS) is 19.0. The van der Waals surface area contributed by atoms with E-state index in [2.05, 4.69) is 0 Å². The van der Waals surface area contributed by atoms with Crippen molar-refractivity contribution in [3.63, 3.8) is 0 Å². The van der Waals surface area contributed by atoms with Crippen LogP contribution in [0.25, 0.3) is 0 Å². The first-order chi connectivity index (χ1) is 13.9. The molecule has 7 heteroatoms. The molecule has 1 saturated carbocycles. The monoisotopic (exact) mass is 414 g/mol. The number of anilines is 1. The molecule has 5 nitrogen and oxygen atoms in total. The minimum Gasteiger partial charge on any atom is -0.330 e. The van der Waals surface area contributed by atoms with E-state index in [1.807, 2.05) is 18.2 Å². The highest BCUT2D eigenvalue weighted by Gasteiger charge is 2.46. The van der Waals surface area contributed by atoms with Crippen molar-refractivity contribution in [2.45, 2.75) is 31.7 Å². The number of halogens is 2. The van der Waals surface area contributed by atoms with Crippen molar-refractivity contribution < 1.29 is 18.8 Å². The number of rotatable bonds is 6. The van der Waals surface area contributed by atoms with Gasteiger partial charge in [-0.25, -0.2) is 9.29 Å². The average Bonchev–Trinajstić information content (AvgIpc) is 3.50. The summed E-state index contributed by atoms with van der Waals surface area (Å²) in [7, 11) is 0. The SMILES string of the molecule is O=C1CC(N(CCc2cccc(Cl)c2)C(=O)C2CC2)C(=O)N1c1ccc(F)cc1. The van der Waals surface area contributed by atoms with E-state index in [1.165, 1.54) is 24.3 Å². The Bertz CT molecular complexity index is 959. The van der Waals surface area contributed by atoms with Gasteiger partial charge in [-0.15, -0.1) is 0 Å². The molecule has 29 heavy (non-hydrogen) atoms. The van der Waals surface area contributed by atoms with Crippen molar-refractivity contribution >= 4 is 35.0 Å². The molecule has 150 valence electrons. The zero-order chi connectivity index (χ0) is 20.5. The van der Waals surface area contributed by atoms with Crippen LogP contribution in [0.15, 0.2) is 48.5 Å². The number of nitrogens with zero attached hydrogens (tertiary/aromatic N) is 2. The Labute approximate surface area is 173 Å². The van der Waals surface area contributed by atoms with E-state index in [-0.39, 0.29) is 24.2 Å². The fourth-order valence-corrected chi connectivity index (χ4v) is 3.86. The fraction of sp³-hybridized carbons (Fsp3) is 0.318. The molecule has 1 aliphatic heterocycles. The summed E-state index contributed by atoms with van der Waals surface area (Å²) in [6.07, 6.45) is 2.09. The Morgan fingerprint density at radius 2 is 1.86 bits per heavy atom. The van der Waals surface area contributed by atoms with Gasteiger partial charge in [-0.2, -0.15) is 0 Å². The van der Waals surface area contributed by atoms with Gasteiger partial charge < -0.3 is 4.90 Å². The van der Waals surface area contributed by atoms with Crippen LogP contribution in [0.3, 0.4) is 0 Å². The van der Waals surface area contributed by atoms with Gasteiger partial charge in [-0.05, 0) is 61.2 Å². The largest absolute Gasteiger partial charge is 0.330 e. The van der Waals surface area contributed by atoms with Gasteiger partial charge in [0.1, 0.15) is 11.9 Å². The Morgan fingerprint density at radius 1 is 1.14 bits per heavy atom. The highest BCUT2D eigenvalue weighted by molar-refractivity contribution is 6.30. The topological polar surface area (TPSA) is 57.7 Å². The van der Waals surface area contributed by atoms with Crippen LogP contribution in [0.2, 0.25) is 5.02 Å². The van der Waals surface area contributed by atoms with Crippen LogP contribution < -0.4 is 4.90 Å². The third kappa shape index (κ3) is 4.17. The zero-order valence-electron chi connectivity index (χ0n) is 15.7. The second-order valence-electron chi connectivity index (χ2n) is 7.45. The van der Waals surface area contributed by atoms with Gasteiger partial charge in [0, 0.05) is 17.5 Å². The molecule has 1 aliphatic carbocycles. The number of imide groups is 1. The summed E-state index contributed by atoms with van der Waals surface area (Å²) < 4.78 is 13.2. The molecule has 2 fully saturated rings. The summed E-state index contributed by atoms with van der Waals surface area (Å²) >= 11 is 6.04. The molecule has 0 aromatic heterocycles. The maximum atomic E-state index is 13.2. The lowest BCUT2D eigenvalue weighted by Gasteiger charge is -2.28. The van der Waals surface area contributed by atoms with E-state index in [0.717, 1.165) is 23.3 Å². The molecular formula is C22H20ClFN2O3. The molecule has 0 spiro atoms. The van der Waals surface area contributed by atoms with Gasteiger partial charge >= 0.3 is 0 Å². The molecule has 0 N–H and O–H groups in total. The number of benzene rings is 2. The van der Waals surface area contributed by atoms with Gasteiger partial charge in [0.05, 0.1) is 12.1 Å². The quantitative estimate of drug-likeness (QED) is 0.679. The van der Waals surface area contributed by atoms with Crippen molar-refractivity contribution in [3.8, 4) is 0 Å². The minimum atomic E-state index is -0.833. The van der Waals surface area contributed by atoms with Crippen molar-refractivity contribution in [3.05, 3.63) is 64.9 Å². The first-order valence-electron chi connectivity index (χ1n) is 9.61. The lowest BCUT2D eigenvalue weighted by molar-refractivity contribution is -0.139. The van der Waals surface area contributed by atoms with Crippen molar-refractivity contribution in [1.29, 1.82) is 0 Å². The molecule has 1 saturated heterocycles. The standard InChI is InChI=1S/C22H20ClFN2O3/c23-16-3-1-2-14(12-16)10-11-25(21(28)15-4-5-15)19-13-20(27)26(22(19)29)18-8-6-17(24)7-9-18/h1-3,6-9,12,15,19H,4-5,10-11,13H2. The summed E-state index contributed by atoms with van der Waals surface area (Å²) in [5.74, 6) is -1.43. The van der Waals surface area contributed by atoms with Gasteiger partial charge in [-0.1, -0.05) is 23.7 Å². The predicted molar refractivity (Wildman–Crippen MR) is 107 cm³/mol. The highest BCUT2D eigenvalue weighted by Crippen LogP contribution is 2.34. The first kappa shape index (κ1) is 19.6. The van der Waals surface area contributed by atoms with Gasteiger partial charge in [0.25, 0.3) is 5.91 Å². The maximum absolute atomic E-state index is 13.2. The van der Waals surface area contributed by atoms with Crippen LogP contribution >= 0.6 is 11.6 Å². The molecule has 2 aromatic rings. The maximum Gasteiger partial charge on any atom is 0.257 e. The third-order valence-electron chi connectivity index (χ3n) is 5.32. The summed E-state index contributed by atoms with van der Waals surface area (Å²) in [6, 6.07) is 11.7. The first-order valence-corrected chi connectivity index (χ1v) is 9.99. The van der Waals surface area contributed by atoms with Crippen LogP contribution in [0, 0.1) is 11.7 Å². The molecule has 0 radical (unpaired) electrons. The third-order valence-corrected chi connectivity index (χ3v) is 5.56. The second kappa shape index (κ2) is 7.95. The molecule has 2 aromatic carbocycles. The van der Waals surface area contributed by atoms with Gasteiger partial charge in [0.2, 0.25) is 11.8 Å². The van der Waals surface area contributed by atoms with Crippen LogP contribution in [0.1, 0.15) is 24.8 Å². The Kier molecular flexibility index (Phi) is 5.37. The summed E-state index contributed by atoms with van der Waals surface area (Å²) in [5.41, 5.74) is 1.27. The number of hydrogen-bond donors (Lipinski definition) is 0. The van der Waals surface area contributed by atoms with Gasteiger partial charge in [-0.3, -0.25) is 14.4 Å². The predicted octanol–water partition coefficient (Wildman–Crippen LogP) is 3.59. The summed E-state index contributed by atoms with van der Waals surface area (Å²) in [5, 5.41) is 0.608. The average molecular weight is 415 g/mol. The molecule has 4 rings (SSSR count). The van der Waals surface area contributed by atoms with E-state index >= 15 is 0 Å². The molecule has 1 unspecified atom stereocenters.